The van der Waals surface area contributed by atoms with Gasteiger partial charge >= 0.3 is 0 Å². The van der Waals surface area contributed by atoms with Crippen molar-refractivity contribution >= 4 is 5.69 Å². The van der Waals surface area contributed by atoms with Crippen molar-refractivity contribution in [1.29, 1.82) is 0 Å². The molecule has 0 bridgehead atoms. The summed E-state index contributed by atoms with van der Waals surface area (Å²) in [5, 5.41) is 3.47. The molecular weight excluding hydrogens is 238 g/mol. The van der Waals surface area contributed by atoms with E-state index in [9.17, 15) is 0 Å². The standard InChI is InChI=1S/C15H25N3O/c1-4-6-16-10-13-5-7-17-11-14(13)18-8-9-19-12-15(18,2)3/h5,7,11,16H,4,6,8-10,12H2,1-3H3. The highest BCUT2D eigenvalue weighted by Crippen LogP contribution is 2.29. The fourth-order valence-corrected chi connectivity index (χ4v) is 2.51. The van der Waals surface area contributed by atoms with Gasteiger partial charge in [0.05, 0.1) is 30.6 Å². The van der Waals surface area contributed by atoms with Gasteiger partial charge in [0, 0.05) is 19.3 Å². The zero-order valence-corrected chi connectivity index (χ0v) is 12.3. The van der Waals surface area contributed by atoms with Crippen LogP contribution >= 0.6 is 0 Å². The maximum atomic E-state index is 5.60. The van der Waals surface area contributed by atoms with Gasteiger partial charge in [0.2, 0.25) is 0 Å². The minimum atomic E-state index is 0.0286. The van der Waals surface area contributed by atoms with Crippen molar-refractivity contribution in [3.8, 4) is 0 Å². The number of morpholine rings is 1. The molecule has 1 aliphatic heterocycles. The lowest BCUT2D eigenvalue weighted by molar-refractivity contribution is 0.0642. The Balaban J connectivity index is 2.18. The number of ether oxygens (including phenoxy) is 1. The minimum Gasteiger partial charge on any atom is -0.377 e. The molecule has 106 valence electrons. The summed E-state index contributed by atoms with van der Waals surface area (Å²) in [7, 11) is 0. The molecule has 0 aliphatic carbocycles. The van der Waals surface area contributed by atoms with Gasteiger partial charge < -0.3 is 15.0 Å². The third-order valence-corrected chi connectivity index (χ3v) is 3.57. The van der Waals surface area contributed by atoms with Crippen LogP contribution in [-0.4, -0.2) is 36.8 Å². The molecule has 0 radical (unpaired) electrons. The number of aromatic nitrogens is 1. The number of hydrogen-bond donors (Lipinski definition) is 1. The molecule has 1 fully saturated rings. The molecule has 4 heteroatoms. The summed E-state index contributed by atoms with van der Waals surface area (Å²) in [6.45, 7) is 11.1. The van der Waals surface area contributed by atoms with Crippen LogP contribution in [0.25, 0.3) is 0 Å². The molecule has 1 aliphatic rings. The summed E-state index contributed by atoms with van der Waals surface area (Å²) in [5.41, 5.74) is 2.58. The van der Waals surface area contributed by atoms with Crippen LogP contribution in [0.2, 0.25) is 0 Å². The van der Waals surface area contributed by atoms with Crippen LogP contribution in [0.3, 0.4) is 0 Å². The van der Waals surface area contributed by atoms with Crippen molar-refractivity contribution in [2.24, 2.45) is 0 Å². The molecule has 0 aromatic carbocycles. The second-order valence-electron chi connectivity index (χ2n) is 5.70. The monoisotopic (exact) mass is 263 g/mol. The van der Waals surface area contributed by atoms with E-state index in [1.54, 1.807) is 0 Å². The van der Waals surface area contributed by atoms with Crippen LogP contribution in [0.5, 0.6) is 0 Å². The Hall–Kier alpha value is -1.13. The number of nitrogens with one attached hydrogen (secondary N) is 1. The van der Waals surface area contributed by atoms with E-state index in [0.29, 0.717) is 0 Å². The Bertz CT molecular complexity index is 406. The van der Waals surface area contributed by atoms with E-state index in [1.165, 1.54) is 11.3 Å². The van der Waals surface area contributed by atoms with E-state index >= 15 is 0 Å². The molecule has 1 N–H and O–H groups in total. The first-order valence-electron chi connectivity index (χ1n) is 7.14. The third-order valence-electron chi connectivity index (χ3n) is 3.57. The first-order chi connectivity index (χ1) is 9.15. The van der Waals surface area contributed by atoms with Crippen LogP contribution in [0.15, 0.2) is 18.5 Å². The molecule has 1 saturated heterocycles. The average Bonchev–Trinajstić information content (AvgIpc) is 2.39. The van der Waals surface area contributed by atoms with Gasteiger partial charge in [-0.3, -0.25) is 4.98 Å². The van der Waals surface area contributed by atoms with Crippen molar-refractivity contribution in [2.75, 3.05) is 31.2 Å². The van der Waals surface area contributed by atoms with Gasteiger partial charge in [-0.25, -0.2) is 0 Å². The first kappa shape index (κ1) is 14.3. The summed E-state index contributed by atoms with van der Waals surface area (Å²) in [6, 6.07) is 2.11. The molecule has 0 unspecified atom stereocenters. The Kier molecular flexibility index (Phi) is 4.77. The van der Waals surface area contributed by atoms with Crippen molar-refractivity contribution < 1.29 is 4.74 Å². The molecule has 1 aromatic rings. The largest absolute Gasteiger partial charge is 0.377 e. The van der Waals surface area contributed by atoms with Crippen LogP contribution in [-0.2, 0) is 11.3 Å². The summed E-state index contributed by atoms with van der Waals surface area (Å²) < 4.78 is 5.60. The molecule has 0 spiro atoms. The molecule has 1 aromatic heterocycles. The number of hydrogen-bond acceptors (Lipinski definition) is 4. The highest BCUT2D eigenvalue weighted by molar-refractivity contribution is 5.54. The highest BCUT2D eigenvalue weighted by atomic mass is 16.5. The quantitative estimate of drug-likeness (QED) is 0.826. The molecule has 4 nitrogen and oxygen atoms in total. The number of rotatable bonds is 5. The lowest BCUT2D eigenvalue weighted by Gasteiger charge is -2.44. The number of anilines is 1. The summed E-state index contributed by atoms with van der Waals surface area (Å²) in [4.78, 5) is 6.73. The van der Waals surface area contributed by atoms with Gasteiger partial charge in [0.1, 0.15) is 0 Å². The SMILES string of the molecule is CCCNCc1ccncc1N1CCOCC1(C)C. The molecular formula is C15H25N3O. The van der Waals surface area contributed by atoms with E-state index in [4.69, 9.17) is 4.74 Å². The smallest absolute Gasteiger partial charge is 0.0694 e. The van der Waals surface area contributed by atoms with Gasteiger partial charge in [-0.15, -0.1) is 0 Å². The van der Waals surface area contributed by atoms with Crippen LogP contribution in [0.4, 0.5) is 5.69 Å². The second kappa shape index (κ2) is 6.35. The van der Waals surface area contributed by atoms with E-state index in [0.717, 1.165) is 39.3 Å². The lowest BCUT2D eigenvalue weighted by Crippen LogP contribution is -2.53. The molecule has 2 heterocycles. The fourth-order valence-electron chi connectivity index (χ4n) is 2.51. The molecule has 19 heavy (non-hydrogen) atoms. The van der Waals surface area contributed by atoms with Crippen molar-refractivity contribution in [3.05, 3.63) is 24.0 Å². The molecule has 0 atom stereocenters. The van der Waals surface area contributed by atoms with Crippen molar-refractivity contribution in [2.45, 2.75) is 39.3 Å². The van der Waals surface area contributed by atoms with Crippen LogP contribution in [0, 0.1) is 0 Å². The van der Waals surface area contributed by atoms with Gasteiger partial charge in [-0.1, -0.05) is 6.92 Å². The predicted octanol–water partition coefficient (Wildman–Crippen LogP) is 2.20. The minimum absolute atomic E-state index is 0.0286. The zero-order chi connectivity index (χ0) is 13.7. The molecule has 0 amide bonds. The van der Waals surface area contributed by atoms with Gasteiger partial charge in [-0.2, -0.15) is 0 Å². The maximum Gasteiger partial charge on any atom is 0.0694 e. The van der Waals surface area contributed by atoms with Crippen LogP contribution < -0.4 is 10.2 Å². The van der Waals surface area contributed by atoms with Gasteiger partial charge in [-0.05, 0) is 38.4 Å². The van der Waals surface area contributed by atoms with E-state index in [2.05, 4.69) is 42.0 Å². The molecule has 0 saturated carbocycles. The fraction of sp³-hybridized carbons (Fsp3) is 0.667. The topological polar surface area (TPSA) is 37.4 Å². The van der Waals surface area contributed by atoms with E-state index in [1.807, 2.05) is 12.4 Å². The summed E-state index contributed by atoms with van der Waals surface area (Å²) in [5.74, 6) is 0. The third kappa shape index (κ3) is 3.45. The van der Waals surface area contributed by atoms with Gasteiger partial charge in [0.25, 0.3) is 0 Å². The van der Waals surface area contributed by atoms with Gasteiger partial charge in [0.15, 0.2) is 0 Å². The van der Waals surface area contributed by atoms with Crippen molar-refractivity contribution in [3.63, 3.8) is 0 Å². The first-order valence-corrected chi connectivity index (χ1v) is 7.14. The molecule has 2 rings (SSSR count). The van der Waals surface area contributed by atoms with Crippen molar-refractivity contribution in [1.82, 2.24) is 10.3 Å². The Morgan fingerprint density at radius 3 is 3.05 bits per heavy atom. The van der Waals surface area contributed by atoms with E-state index < -0.39 is 0 Å². The zero-order valence-electron chi connectivity index (χ0n) is 12.3. The Morgan fingerprint density at radius 1 is 1.47 bits per heavy atom. The lowest BCUT2D eigenvalue weighted by atomic mass is 10.0. The summed E-state index contributed by atoms with van der Waals surface area (Å²) >= 11 is 0. The predicted molar refractivity (Wildman–Crippen MR) is 78.5 cm³/mol. The van der Waals surface area contributed by atoms with Crippen LogP contribution in [0.1, 0.15) is 32.8 Å². The Labute approximate surface area is 116 Å². The Morgan fingerprint density at radius 2 is 2.32 bits per heavy atom. The second-order valence-corrected chi connectivity index (χ2v) is 5.70. The summed E-state index contributed by atoms with van der Waals surface area (Å²) in [6.07, 6.45) is 5.01. The van der Waals surface area contributed by atoms with E-state index in [-0.39, 0.29) is 5.54 Å². The average molecular weight is 263 g/mol. The normalized spacial score (nSPS) is 18.6. The number of nitrogens with zero attached hydrogens (tertiary/aromatic N) is 2. The maximum absolute atomic E-state index is 5.60. The number of pyridine rings is 1. The highest BCUT2D eigenvalue weighted by Gasteiger charge is 2.31.